The van der Waals surface area contributed by atoms with E-state index in [1.54, 1.807) is 0 Å². The maximum absolute atomic E-state index is 12.7. The molecule has 3 aliphatic rings. The van der Waals surface area contributed by atoms with Gasteiger partial charge in [-0.1, -0.05) is 0 Å². The highest BCUT2D eigenvalue weighted by atomic mass is 35.5. The van der Waals surface area contributed by atoms with Crippen molar-refractivity contribution in [3.05, 3.63) is 0 Å². The second-order valence-electron chi connectivity index (χ2n) is 8.13. The van der Waals surface area contributed by atoms with Gasteiger partial charge in [-0.15, -0.1) is 24.8 Å². The lowest BCUT2D eigenvalue weighted by atomic mass is 9.88. The zero-order valence-electron chi connectivity index (χ0n) is 16.0. The molecule has 1 amide bonds. The van der Waals surface area contributed by atoms with Crippen molar-refractivity contribution in [3.8, 4) is 0 Å². The van der Waals surface area contributed by atoms with Crippen LogP contribution in [0.3, 0.4) is 0 Å². The standard InChI is InChI=1S/C18H34N4O.2ClH/c1-15-4-5-16(2)22(15)13-10-20-8-11-21(12-9-20)17(23)18(3)6-7-19-14-18;;/h15-16,19H,4-14H2,1-3H3;2*1H. The molecule has 0 spiro atoms. The smallest absolute Gasteiger partial charge is 0.229 e. The highest BCUT2D eigenvalue weighted by molar-refractivity contribution is 5.85. The van der Waals surface area contributed by atoms with E-state index in [1.165, 1.54) is 19.4 Å². The number of halogens is 2. The average Bonchev–Trinajstić information content (AvgIpc) is 3.13. The molecule has 3 aliphatic heterocycles. The fourth-order valence-electron chi connectivity index (χ4n) is 4.50. The maximum Gasteiger partial charge on any atom is 0.229 e. The molecule has 3 atom stereocenters. The molecule has 5 nitrogen and oxygen atoms in total. The van der Waals surface area contributed by atoms with Crippen LogP contribution in [-0.2, 0) is 4.79 Å². The predicted molar refractivity (Wildman–Crippen MR) is 108 cm³/mol. The Hall–Kier alpha value is -0.0700. The van der Waals surface area contributed by atoms with Gasteiger partial charge in [-0.05, 0) is 46.6 Å². The lowest BCUT2D eigenvalue weighted by Crippen LogP contribution is -2.54. The molecule has 3 saturated heterocycles. The molecule has 3 heterocycles. The van der Waals surface area contributed by atoms with Gasteiger partial charge in [0, 0.05) is 57.9 Å². The minimum atomic E-state index is -0.164. The summed E-state index contributed by atoms with van der Waals surface area (Å²) in [6, 6.07) is 1.48. The molecule has 0 saturated carbocycles. The molecule has 1 N–H and O–H groups in total. The predicted octanol–water partition coefficient (Wildman–Crippen LogP) is 1.85. The minimum Gasteiger partial charge on any atom is -0.340 e. The Balaban J connectivity index is 0.00000156. The summed E-state index contributed by atoms with van der Waals surface area (Å²) in [5.41, 5.74) is -0.164. The molecule has 7 heteroatoms. The first kappa shape index (κ1) is 23.0. The number of hydrogen-bond donors (Lipinski definition) is 1. The van der Waals surface area contributed by atoms with Crippen LogP contribution in [0.2, 0.25) is 0 Å². The molecular weight excluding hydrogens is 359 g/mol. The Morgan fingerprint density at radius 2 is 1.64 bits per heavy atom. The number of carbonyl (C=O) groups is 1. The molecule has 0 radical (unpaired) electrons. The van der Waals surface area contributed by atoms with E-state index in [0.717, 1.165) is 64.3 Å². The number of nitrogens with one attached hydrogen (secondary N) is 1. The van der Waals surface area contributed by atoms with Crippen LogP contribution in [0.15, 0.2) is 0 Å². The van der Waals surface area contributed by atoms with E-state index in [0.29, 0.717) is 5.91 Å². The molecule has 0 aromatic rings. The molecule has 3 rings (SSSR count). The quantitative estimate of drug-likeness (QED) is 0.789. The fraction of sp³-hybridized carbons (Fsp3) is 0.944. The first-order valence-electron chi connectivity index (χ1n) is 9.48. The zero-order valence-corrected chi connectivity index (χ0v) is 17.6. The molecule has 3 fully saturated rings. The monoisotopic (exact) mass is 394 g/mol. The number of rotatable bonds is 4. The first-order chi connectivity index (χ1) is 11.0. The van der Waals surface area contributed by atoms with Crippen molar-refractivity contribution in [1.82, 2.24) is 20.0 Å². The van der Waals surface area contributed by atoms with Crippen LogP contribution in [0.4, 0.5) is 0 Å². The van der Waals surface area contributed by atoms with Gasteiger partial charge in [-0.25, -0.2) is 0 Å². The van der Waals surface area contributed by atoms with Gasteiger partial charge in [0.05, 0.1) is 5.41 Å². The van der Waals surface area contributed by atoms with Gasteiger partial charge in [0.2, 0.25) is 5.91 Å². The minimum absolute atomic E-state index is 0. The van der Waals surface area contributed by atoms with Crippen LogP contribution in [0.1, 0.15) is 40.0 Å². The van der Waals surface area contributed by atoms with Gasteiger partial charge in [0.25, 0.3) is 0 Å². The van der Waals surface area contributed by atoms with Crippen LogP contribution < -0.4 is 5.32 Å². The average molecular weight is 395 g/mol. The summed E-state index contributed by atoms with van der Waals surface area (Å²) < 4.78 is 0. The van der Waals surface area contributed by atoms with E-state index in [9.17, 15) is 4.79 Å². The van der Waals surface area contributed by atoms with Crippen molar-refractivity contribution in [1.29, 1.82) is 0 Å². The second kappa shape index (κ2) is 9.75. The number of amides is 1. The number of likely N-dealkylation sites (tertiary alicyclic amines) is 1. The molecule has 25 heavy (non-hydrogen) atoms. The SMILES string of the molecule is CC1CCC(C)N1CCN1CCN(C(=O)C2(C)CCNC2)CC1.Cl.Cl. The van der Waals surface area contributed by atoms with Gasteiger partial charge < -0.3 is 10.2 Å². The lowest BCUT2D eigenvalue weighted by Gasteiger charge is -2.39. The number of piperazine rings is 1. The highest BCUT2D eigenvalue weighted by Crippen LogP contribution is 2.28. The molecule has 0 aromatic carbocycles. The Bertz CT molecular complexity index is 413. The van der Waals surface area contributed by atoms with Gasteiger partial charge >= 0.3 is 0 Å². The lowest BCUT2D eigenvalue weighted by molar-refractivity contribution is -0.142. The van der Waals surface area contributed by atoms with Gasteiger partial charge in [0.1, 0.15) is 0 Å². The van der Waals surface area contributed by atoms with E-state index >= 15 is 0 Å². The summed E-state index contributed by atoms with van der Waals surface area (Å²) in [5.74, 6) is 0.365. The number of hydrogen-bond acceptors (Lipinski definition) is 4. The van der Waals surface area contributed by atoms with Crippen LogP contribution in [0.25, 0.3) is 0 Å². The molecule has 0 aliphatic carbocycles. The van der Waals surface area contributed by atoms with Gasteiger partial charge in [-0.2, -0.15) is 0 Å². The summed E-state index contributed by atoms with van der Waals surface area (Å²) in [5, 5.41) is 3.34. The first-order valence-corrected chi connectivity index (χ1v) is 9.48. The van der Waals surface area contributed by atoms with Crippen LogP contribution in [0, 0.1) is 5.41 Å². The molecule has 3 unspecified atom stereocenters. The van der Waals surface area contributed by atoms with E-state index in [2.05, 4.69) is 40.8 Å². The van der Waals surface area contributed by atoms with Crippen molar-refractivity contribution in [3.63, 3.8) is 0 Å². The van der Waals surface area contributed by atoms with Crippen LogP contribution >= 0.6 is 24.8 Å². The largest absolute Gasteiger partial charge is 0.340 e. The molecule has 0 bridgehead atoms. The number of nitrogens with zero attached hydrogens (tertiary/aromatic N) is 3. The van der Waals surface area contributed by atoms with Crippen molar-refractivity contribution < 1.29 is 4.79 Å². The normalized spacial score (nSPS) is 33.8. The molecular formula is C18H36Cl2N4O. The van der Waals surface area contributed by atoms with Gasteiger partial charge in [-0.3, -0.25) is 14.6 Å². The Kier molecular flexibility index (Phi) is 8.95. The third-order valence-corrected chi connectivity index (χ3v) is 6.35. The third kappa shape index (κ3) is 5.23. The molecule has 0 aromatic heterocycles. The zero-order chi connectivity index (χ0) is 16.4. The number of carbonyl (C=O) groups excluding carboxylic acids is 1. The second-order valence-corrected chi connectivity index (χ2v) is 8.13. The summed E-state index contributed by atoms with van der Waals surface area (Å²) in [7, 11) is 0. The van der Waals surface area contributed by atoms with Crippen molar-refractivity contribution in [2.75, 3.05) is 52.4 Å². The Morgan fingerprint density at radius 1 is 1.04 bits per heavy atom. The third-order valence-electron chi connectivity index (χ3n) is 6.35. The Morgan fingerprint density at radius 3 is 2.16 bits per heavy atom. The van der Waals surface area contributed by atoms with Crippen molar-refractivity contribution in [2.45, 2.75) is 52.1 Å². The van der Waals surface area contributed by atoms with E-state index in [-0.39, 0.29) is 30.2 Å². The summed E-state index contributed by atoms with van der Waals surface area (Å²) in [4.78, 5) is 20.0. The van der Waals surface area contributed by atoms with Crippen molar-refractivity contribution in [2.24, 2.45) is 5.41 Å². The summed E-state index contributed by atoms with van der Waals surface area (Å²) >= 11 is 0. The van der Waals surface area contributed by atoms with Crippen molar-refractivity contribution >= 4 is 30.7 Å². The highest BCUT2D eigenvalue weighted by Gasteiger charge is 2.40. The van der Waals surface area contributed by atoms with Crippen LogP contribution in [0.5, 0.6) is 0 Å². The topological polar surface area (TPSA) is 38.8 Å². The van der Waals surface area contributed by atoms with Gasteiger partial charge in [0.15, 0.2) is 0 Å². The van der Waals surface area contributed by atoms with E-state index in [4.69, 9.17) is 0 Å². The summed E-state index contributed by atoms with van der Waals surface area (Å²) in [6.45, 7) is 14.9. The summed E-state index contributed by atoms with van der Waals surface area (Å²) in [6.07, 6.45) is 3.67. The van der Waals surface area contributed by atoms with Crippen LogP contribution in [-0.4, -0.2) is 85.0 Å². The maximum atomic E-state index is 12.7. The fourth-order valence-corrected chi connectivity index (χ4v) is 4.50. The molecule has 148 valence electrons. The van der Waals surface area contributed by atoms with E-state index < -0.39 is 0 Å². The van der Waals surface area contributed by atoms with E-state index in [1.807, 2.05) is 0 Å². The Labute approximate surface area is 165 Å².